The summed E-state index contributed by atoms with van der Waals surface area (Å²) in [5.41, 5.74) is 4.09. The molecule has 5 rings (SSSR count). The molecule has 0 unspecified atom stereocenters. The van der Waals surface area contributed by atoms with Crippen molar-refractivity contribution in [2.45, 2.75) is 18.5 Å². The van der Waals surface area contributed by atoms with Gasteiger partial charge in [-0.2, -0.15) is 0 Å². The molecular formula is C26H24F2N2O2. The quantitative estimate of drug-likeness (QED) is 0.653. The highest BCUT2D eigenvalue weighted by molar-refractivity contribution is 5.95. The summed E-state index contributed by atoms with van der Waals surface area (Å²) in [6.07, 6.45) is 0.751. The van der Waals surface area contributed by atoms with Crippen LogP contribution < -0.4 is 4.90 Å². The largest absolute Gasteiger partial charge is 0.394 e. The number of fused-ring (bicyclic) bond motifs is 3. The van der Waals surface area contributed by atoms with Gasteiger partial charge in [-0.25, -0.2) is 8.78 Å². The number of likely N-dealkylation sites (N-methyl/N-ethyl adjacent to an activating group) is 1. The Hall–Kier alpha value is -3.25. The summed E-state index contributed by atoms with van der Waals surface area (Å²) in [5.74, 6) is -0.892. The predicted molar refractivity (Wildman–Crippen MR) is 119 cm³/mol. The summed E-state index contributed by atoms with van der Waals surface area (Å²) < 4.78 is 27.2. The molecule has 0 radical (unpaired) electrons. The van der Waals surface area contributed by atoms with Gasteiger partial charge in [0.1, 0.15) is 11.6 Å². The number of likely N-dealkylation sites (tertiary alicyclic amines) is 1. The van der Waals surface area contributed by atoms with Gasteiger partial charge in [-0.1, -0.05) is 24.3 Å². The molecule has 1 N–H and O–H groups in total. The van der Waals surface area contributed by atoms with Crippen LogP contribution in [-0.2, 0) is 0 Å². The van der Waals surface area contributed by atoms with Gasteiger partial charge in [0.15, 0.2) is 0 Å². The van der Waals surface area contributed by atoms with Crippen molar-refractivity contribution in [1.29, 1.82) is 0 Å². The number of aliphatic hydroxyl groups is 1. The summed E-state index contributed by atoms with van der Waals surface area (Å²) in [6, 6.07) is 17.8. The van der Waals surface area contributed by atoms with Gasteiger partial charge in [-0.3, -0.25) is 4.79 Å². The van der Waals surface area contributed by atoms with Gasteiger partial charge in [-0.05, 0) is 65.6 Å². The van der Waals surface area contributed by atoms with E-state index in [4.69, 9.17) is 0 Å². The van der Waals surface area contributed by atoms with Crippen LogP contribution in [0.4, 0.5) is 14.5 Å². The second-order valence-electron chi connectivity index (χ2n) is 8.55. The van der Waals surface area contributed by atoms with E-state index < -0.39 is 5.82 Å². The van der Waals surface area contributed by atoms with E-state index in [9.17, 15) is 18.7 Å². The van der Waals surface area contributed by atoms with Crippen molar-refractivity contribution in [3.63, 3.8) is 0 Å². The lowest BCUT2D eigenvalue weighted by atomic mass is 9.81. The fourth-order valence-electron chi connectivity index (χ4n) is 5.29. The van der Waals surface area contributed by atoms with Crippen LogP contribution in [0, 0.1) is 17.6 Å². The van der Waals surface area contributed by atoms with E-state index in [1.807, 2.05) is 24.1 Å². The summed E-state index contributed by atoms with van der Waals surface area (Å²) in [4.78, 5) is 17.3. The van der Waals surface area contributed by atoms with Crippen LogP contribution in [0.5, 0.6) is 0 Å². The van der Waals surface area contributed by atoms with Gasteiger partial charge in [0.05, 0.1) is 18.7 Å². The molecule has 3 atom stereocenters. The molecule has 6 heteroatoms. The van der Waals surface area contributed by atoms with Crippen LogP contribution in [0.1, 0.15) is 28.4 Å². The van der Waals surface area contributed by atoms with Gasteiger partial charge in [0.25, 0.3) is 5.91 Å². The number of benzene rings is 3. The van der Waals surface area contributed by atoms with Crippen LogP contribution in [0.3, 0.4) is 0 Å². The zero-order chi connectivity index (χ0) is 22.4. The van der Waals surface area contributed by atoms with Crippen LogP contribution in [0.2, 0.25) is 0 Å². The standard InChI is InChI=1S/C26H24F2N2O2/c1-29-23-10-7-17(16-5-8-19(27)9-6-16)14-22(23)25-21(24(29)15-31)11-12-30(25)26(32)18-3-2-4-20(28)13-18/h2-10,13-14,21,24-25,31H,11-12,15H2,1H3/t21-,24+,25-/m1/s1. The highest BCUT2D eigenvalue weighted by Crippen LogP contribution is 2.49. The number of carbonyl (C=O) groups is 1. The lowest BCUT2D eigenvalue weighted by Gasteiger charge is -2.44. The van der Waals surface area contributed by atoms with E-state index in [0.717, 1.165) is 28.8 Å². The molecule has 3 aromatic rings. The van der Waals surface area contributed by atoms with Crippen molar-refractivity contribution >= 4 is 11.6 Å². The van der Waals surface area contributed by atoms with Gasteiger partial charge in [0, 0.05) is 30.8 Å². The van der Waals surface area contributed by atoms with Crippen molar-refractivity contribution in [3.8, 4) is 11.1 Å². The second-order valence-corrected chi connectivity index (χ2v) is 8.55. The molecule has 2 heterocycles. The first-order valence-electron chi connectivity index (χ1n) is 10.8. The van der Waals surface area contributed by atoms with E-state index in [1.54, 1.807) is 24.3 Å². The zero-order valence-electron chi connectivity index (χ0n) is 17.7. The monoisotopic (exact) mass is 434 g/mol. The minimum Gasteiger partial charge on any atom is -0.394 e. The number of aliphatic hydroxyl groups excluding tert-OH is 1. The maximum atomic E-state index is 13.8. The third-order valence-electron chi connectivity index (χ3n) is 6.86. The molecule has 1 fully saturated rings. The second kappa shape index (κ2) is 8.02. The Morgan fingerprint density at radius 1 is 1.00 bits per heavy atom. The highest BCUT2D eigenvalue weighted by atomic mass is 19.1. The van der Waals surface area contributed by atoms with Crippen LogP contribution in [0.15, 0.2) is 66.7 Å². The third-order valence-corrected chi connectivity index (χ3v) is 6.86. The van der Waals surface area contributed by atoms with Crippen molar-refractivity contribution in [2.75, 3.05) is 25.1 Å². The Kier molecular flexibility index (Phi) is 5.18. The SMILES string of the molecule is CN1c2ccc(-c3ccc(F)cc3)cc2[C@H]2[C@H](CCN2C(=O)c2cccc(F)c2)[C@@H]1CO. The molecule has 0 saturated carbocycles. The number of carbonyl (C=O) groups excluding carboxylic acids is 1. The number of nitrogens with zero attached hydrogens (tertiary/aromatic N) is 2. The summed E-state index contributed by atoms with van der Waals surface area (Å²) in [5, 5.41) is 10.1. The number of hydrogen-bond donors (Lipinski definition) is 1. The van der Waals surface area contributed by atoms with Gasteiger partial charge < -0.3 is 14.9 Å². The van der Waals surface area contributed by atoms with Crippen LogP contribution in [-0.4, -0.2) is 42.2 Å². The molecule has 2 aliphatic heterocycles. The van der Waals surface area contributed by atoms with Crippen LogP contribution in [0.25, 0.3) is 11.1 Å². The first-order valence-corrected chi connectivity index (χ1v) is 10.8. The van der Waals surface area contributed by atoms with Crippen LogP contribution >= 0.6 is 0 Å². The van der Waals surface area contributed by atoms with Gasteiger partial charge >= 0.3 is 0 Å². The number of rotatable bonds is 3. The number of amides is 1. The Morgan fingerprint density at radius 2 is 1.75 bits per heavy atom. The zero-order valence-corrected chi connectivity index (χ0v) is 17.7. The van der Waals surface area contributed by atoms with E-state index in [2.05, 4.69) is 11.0 Å². The van der Waals surface area contributed by atoms with Gasteiger partial charge in [0.2, 0.25) is 0 Å². The molecule has 0 bridgehead atoms. The summed E-state index contributed by atoms with van der Waals surface area (Å²) >= 11 is 0. The molecule has 0 spiro atoms. The van der Waals surface area contributed by atoms with Crippen molar-refractivity contribution in [3.05, 3.63) is 89.5 Å². The molecular weight excluding hydrogens is 410 g/mol. The molecule has 2 aliphatic rings. The molecule has 1 amide bonds. The van der Waals surface area contributed by atoms with Gasteiger partial charge in [-0.15, -0.1) is 0 Å². The molecule has 164 valence electrons. The Labute approximate surface area is 185 Å². The average Bonchev–Trinajstić information content (AvgIpc) is 3.24. The van der Waals surface area contributed by atoms with Crippen molar-refractivity contribution in [1.82, 2.24) is 4.90 Å². The van der Waals surface area contributed by atoms with E-state index in [-0.39, 0.29) is 36.3 Å². The number of halogens is 2. The van der Waals surface area contributed by atoms with E-state index in [0.29, 0.717) is 12.1 Å². The predicted octanol–water partition coefficient (Wildman–Crippen LogP) is 4.65. The van der Waals surface area contributed by atoms with E-state index >= 15 is 0 Å². The number of anilines is 1. The highest BCUT2D eigenvalue weighted by Gasteiger charge is 2.47. The Morgan fingerprint density at radius 3 is 2.47 bits per heavy atom. The molecule has 3 aromatic carbocycles. The first kappa shape index (κ1) is 20.6. The minimum atomic E-state index is -0.442. The minimum absolute atomic E-state index is 0.0151. The topological polar surface area (TPSA) is 43.8 Å². The fraction of sp³-hybridized carbons (Fsp3) is 0.269. The number of hydrogen-bond acceptors (Lipinski definition) is 3. The molecule has 4 nitrogen and oxygen atoms in total. The van der Waals surface area contributed by atoms with Crippen molar-refractivity contribution in [2.24, 2.45) is 5.92 Å². The molecule has 32 heavy (non-hydrogen) atoms. The lowest BCUT2D eigenvalue weighted by Crippen LogP contribution is -2.48. The normalized spacial score (nSPS) is 21.9. The molecule has 0 aromatic heterocycles. The smallest absolute Gasteiger partial charge is 0.254 e. The average molecular weight is 434 g/mol. The fourth-order valence-corrected chi connectivity index (χ4v) is 5.29. The maximum Gasteiger partial charge on any atom is 0.254 e. The first-order chi connectivity index (χ1) is 15.5. The maximum absolute atomic E-state index is 13.8. The third kappa shape index (κ3) is 3.35. The summed E-state index contributed by atoms with van der Waals surface area (Å²) in [6.45, 7) is 0.522. The molecule has 0 aliphatic carbocycles. The van der Waals surface area contributed by atoms with E-state index in [1.165, 1.54) is 24.3 Å². The molecule has 1 saturated heterocycles. The summed E-state index contributed by atoms with van der Waals surface area (Å²) in [7, 11) is 1.96. The Bertz CT molecular complexity index is 1160. The lowest BCUT2D eigenvalue weighted by molar-refractivity contribution is 0.0693. The van der Waals surface area contributed by atoms with Crippen molar-refractivity contribution < 1.29 is 18.7 Å². The Balaban J connectivity index is 1.60.